The van der Waals surface area contributed by atoms with Crippen molar-refractivity contribution >= 4 is 5.97 Å². The molecule has 0 saturated heterocycles. The van der Waals surface area contributed by atoms with Gasteiger partial charge in [0.1, 0.15) is 0 Å². The minimum Gasteiger partial charge on any atom is -0.478 e. The van der Waals surface area contributed by atoms with Crippen LogP contribution in [-0.2, 0) is 4.79 Å². The number of carbonyl (C=O) groups is 1. The summed E-state index contributed by atoms with van der Waals surface area (Å²) in [6.07, 6.45) is -24.9. The fourth-order valence-corrected chi connectivity index (χ4v) is 2.73. The van der Waals surface area contributed by atoms with Crippen molar-refractivity contribution in [1.82, 2.24) is 0 Å². The largest absolute Gasteiger partial charge is 0.478 e. The van der Waals surface area contributed by atoms with Crippen LogP contribution < -0.4 is 0 Å². The van der Waals surface area contributed by atoms with Crippen molar-refractivity contribution in [3.8, 4) is 0 Å². The van der Waals surface area contributed by atoms with Crippen molar-refractivity contribution < 1.29 is 137 Å². The molecule has 0 fully saturated rings. The summed E-state index contributed by atoms with van der Waals surface area (Å²) in [5.41, 5.74) is -12.5. The van der Waals surface area contributed by atoms with Gasteiger partial charge in [0.2, 0.25) is 0 Å². The average molecular weight is 776 g/mol. The number of hydrogen-bond donors (Lipinski definition) is 1. The first-order chi connectivity index (χ1) is 19.7. The van der Waals surface area contributed by atoms with Crippen LogP contribution in [0.3, 0.4) is 0 Å². The highest BCUT2D eigenvalue weighted by atomic mass is 19.4. The minimum atomic E-state index is -9.93. The number of alkyl halides is 29. The second-order valence-electron chi connectivity index (χ2n) is 8.29. The summed E-state index contributed by atoms with van der Waals surface area (Å²) in [5.74, 6) is -99.7. The maximum absolute atomic E-state index is 14.4. The van der Waals surface area contributed by atoms with E-state index in [1.165, 1.54) is 0 Å². The number of carboxylic acid groups (broad SMARTS) is 1. The van der Waals surface area contributed by atoms with Crippen LogP contribution in [0.2, 0.25) is 0 Å². The molecule has 31 heteroatoms. The molecule has 2 nitrogen and oxygen atoms in total. The molecule has 47 heavy (non-hydrogen) atoms. The third kappa shape index (κ3) is 5.72. The number of hydrogen-bond acceptors (Lipinski definition) is 1. The maximum Gasteiger partial charge on any atom is 0.460 e. The van der Waals surface area contributed by atoms with Crippen molar-refractivity contribution in [2.75, 3.05) is 0 Å². The van der Waals surface area contributed by atoms with Crippen LogP contribution >= 0.6 is 0 Å². The smallest absolute Gasteiger partial charge is 0.460 e. The number of allylic oxidation sites excluding steroid dienone is 1. The Morgan fingerprint density at radius 1 is 0.319 bits per heavy atom. The summed E-state index contributed by atoms with van der Waals surface area (Å²) in [4.78, 5) is 10.6. The monoisotopic (exact) mass is 776 g/mol. The van der Waals surface area contributed by atoms with Crippen LogP contribution in [0.5, 0.6) is 0 Å². The highest BCUT2D eigenvalue weighted by molar-refractivity contribution is 5.90. The Kier molecular flexibility index (Phi) is 10.2. The van der Waals surface area contributed by atoms with Crippen molar-refractivity contribution in [3.63, 3.8) is 0 Å². The minimum absolute atomic E-state index is 4.99. The molecular weight excluding hydrogens is 775 g/mol. The topological polar surface area (TPSA) is 37.3 Å². The predicted octanol–water partition coefficient (Wildman–Crippen LogP) is 9.41. The molecule has 0 unspecified atom stereocenters. The Hall–Kier alpha value is -2.82. The summed E-state index contributed by atoms with van der Waals surface area (Å²) >= 11 is 0. The highest BCUT2D eigenvalue weighted by Crippen LogP contribution is 2.67. The van der Waals surface area contributed by atoms with E-state index in [9.17, 15) is 132 Å². The molecule has 0 heterocycles. The van der Waals surface area contributed by atoms with Gasteiger partial charge in [0.25, 0.3) is 0 Å². The van der Waals surface area contributed by atoms with Crippen molar-refractivity contribution in [2.24, 2.45) is 0 Å². The van der Waals surface area contributed by atoms with Gasteiger partial charge in [-0.15, -0.1) is 0 Å². The number of halogens is 29. The zero-order valence-electron chi connectivity index (χ0n) is 19.8. The second kappa shape index (κ2) is 10.8. The van der Waals surface area contributed by atoms with E-state index in [0.29, 0.717) is 0 Å². The van der Waals surface area contributed by atoms with Gasteiger partial charge in [0.15, 0.2) is 5.57 Å². The van der Waals surface area contributed by atoms with Crippen molar-refractivity contribution in [2.45, 2.75) is 77.8 Å². The first-order valence-electron chi connectivity index (χ1n) is 9.66. The van der Waals surface area contributed by atoms with Crippen LogP contribution in [0, 0.1) is 0 Å². The summed E-state index contributed by atoms with van der Waals surface area (Å²) in [7, 11) is 0. The predicted molar refractivity (Wildman–Crippen MR) is 82.3 cm³/mol. The fourth-order valence-electron chi connectivity index (χ4n) is 2.73. The van der Waals surface area contributed by atoms with Gasteiger partial charge in [-0.05, 0) is 0 Å². The van der Waals surface area contributed by atoms with E-state index in [-0.39, 0.29) is 0 Å². The molecule has 0 amide bonds. The zero-order valence-corrected chi connectivity index (χ0v) is 19.8. The third-order valence-electron chi connectivity index (χ3n) is 5.24. The summed E-state index contributed by atoms with van der Waals surface area (Å²) in [5, 5.41) is 8.18. The number of aliphatic carboxylic acids is 1. The molecule has 0 aliphatic heterocycles. The number of rotatable bonds is 11. The molecule has 0 spiro atoms. The highest BCUT2D eigenvalue weighted by Gasteiger charge is 2.97. The van der Waals surface area contributed by atoms with Gasteiger partial charge in [-0.2, -0.15) is 127 Å². The van der Waals surface area contributed by atoms with Crippen LogP contribution in [0.15, 0.2) is 11.1 Å². The molecule has 0 aliphatic carbocycles. The van der Waals surface area contributed by atoms with E-state index in [1.54, 1.807) is 0 Å². The Labute approximate surface area is 233 Å². The standard InChI is InChI=1S/C16HF29O2/c17-4(18,2(1(3(46)47)6(21,22)23)5(19,20)8(26,27)13(36,37)15(40,41)42)7(24,25)9(28,29)10(30,31)11(32,33)12(34,35)14(38,39)16(43,44)45/h(H,46,47). The summed E-state index contributed by atoms with van der Waals surface area (Å²) in [6, 6.07) is 0. The lowest BCUT2D eigenvalue weighted by atomic mass is 9.81. The van der Waals surface area contributed by atoms with E-state index in [0.717, 1.165) is 0 Å². The lowest BCUT2D eigenvalue weighted by Gasteiger charge is -2.44. The first kappa shape index (κ1) is 44.2. The quantitative estimate of drug-likeness (QED) is 0.168. The van der Waals surface area contributed by atoms with E-state index in [1.807, 2.05) is 0 Å². The van der Waals surface area contributed by atoms with Crippen LogP contribution in [0.25, 0.3) is 0 Å². The van der Waals surface area contributed by atoms with Gasteiger partial charge in [-0.1, -0.05) is 0 Å². The van der Waals surface area contributed by atoms with E-state index < -0.39 is 94.9 Å². The van der Waals surface area contributed by atoms with E-state index >= 15 is 0 Å². The lowest BCUT2D eigenvalue weighted by Crippen LogP contribution is -2.75. The molecule has 0 aliphatic rings. The maximum atomic E-state index is 14.4. The van der Waals surface area contributed by atoms with Gasteiger partial charge >= 0.3 is 83.7 Å². The third-order valence-corrected chi connectivity index (χ3v) is 5.24. The molecule has 0 rings (SSSR count). The molecule has 0 atom stereocenters. The normalized spacial score (nSPS) is 17.1. The Balaban J connectivity index is 8.41. The average Bonchev–Trinajstić information content (AvgIpc) is 2.78. The summed E-state index contributed by atoms with van der Waals surface area (Å²) < 4.78 is 385. The Morgan fingerprint density at radius 2 is 0.511 bits per heavy atom. The number of carboxylic acids is 1. The molecule has 0 saturated carbocycles. The summed E-state index contributed by atoms with van der Waals surface area (Å²) in [6.45, 7) is 0. The Morgan fingerprint density at radius 3 is 0.723 bits per heavy atom. The molecule has 280 valence electrons. The molecule has 0 aromatic carbocycles. The van der Waals surface area contributed by atoms with Gasteiger partial charge in [-0.25, -0.2) is 4.79 Å². The molecule has 0 aromatic rings. The van der Waals surface area contributed by atoms with Crippen LogP contribution in [0.4, 0.5) is 127 Å². The van der Waals surface area contributed by atoms with Crippen LogP contribution in [0.1, 0.15) is 0 Å². The Bertz CT molecular complexity index is 1220. The van der Waals surface area contributed by atoms with Gasteiger partial charge in [0, 0.05) is 0 Å². The molecule has 0 bridgehead atoms. The fraction of sp³-hybridized carbons (Fsp3) is 0.812. The zero-order chi connectivity index (χ0) is 39.2. The molecular formula is C16HF29O2. The second-order valence-corrected chi connectivity index (χ2v) is 8.29. The van der Waals surface area contributed by atoms with Gasteiger partial charge in [0.05, 0.1) is 5.57 Å². The first-order valence-corrected chi connectivity index (χ1v) is 9.66. The molecule has 0 radical (unpaired) electrons. The van der Waals surface area contributed by atoms with E-state index in [2.05, 4.69) is 0 Å². The van der Waals surface area contributed by atoms with Crippen LogP contribution in [-0.4, -0.2) is 88.8 Å². The molecule has 0 aromatic heterocycles. The SMILES string of the molecule is O=C(O)C(=C(C(F)(F)C(F)(F)C(F)(F)C(F)(F)F)C(F)(F)C(F)(F)C(F)(F)C(F)(F)C(F)(F)C(F)(F)C(F)(F)C(F)(F)F)C(F)(F)F. The van der Waals surface area contributed by atoms with E-state index in [4.69, 9.17) is 5.11 Å². The van der Waals surface area contributed by atoms with Crippen molar-refractivity contribution in [1.29, 1.82) is 0 Å². The van der Waals surface area contributed by atoms with Gasteiger partial charge < -0.3 is 5.11 Å². The van der Waals surface area contributed by atoms with Gasteiger partial charge in [-0.3, -0.25) is 0 Å². The molecule has 1 N–H and O–H groups in total. The lowest BCUT2D eigenvalue weighted by molar-refractivity contribution is -0.461. The van der Waals surface area contributed by atoms with Crippen molar-refractivity contribution in [3.05, 3.63) is 11.1 Å².